The Bertz CT molecular complexity index is 1230. The van der Waals surface area contributed by atoms with Crippen LogP contribution in [0.15, 0.2) is 53.3 Å². The Hall–Kier alpha value is -2.83. The lowest BCUT2D eigenvalue weighted by Gasteiger charge is -2.01. The maximum absolute atomic E-state index is 13.0. The van der Waals surface area contributed by atoms with Gasteiger partial charge in [0.15, 0.2) is 5.57 Å². The van der Waals surface area contributed by atoms with Gasteiger partial charge in [-0.15, -0.1) is 11.3 Å². The van der Waals surface area contributed by atoms with Gasteiger partial charge in [0.2, 0.25) is 0 Å². The Morgan fingerprint density at radius 1 is 1.04 bits per heavy atom. The molecule has 3 rings (SSSR count). The molecule has 26 heavy (non-hydrogen) atoms. The molecule has 0 saturated heterocycles. The summed E-state index contributed by atoms with van der Waals surface area (Å²) >= 11 is 13.3. The normalized spacial score (nSPS) is 11.0. The van der Waals surface area contributed by atoms with Crippen molar-refractivity contribution in [3.05, 3.63) is 83.7 Å². The largest absolute Gasteiger partial charge is 0.273 e. The fourth-order valence-corrected chi connectivity index (χ4v) is 3.76. The van der Waals surface area contributed by atoms with Gasteiger partial charge < -0.3 is 0 Å². The third-order valence-electron chi connectivity index (χ3n) is 3.54. The van der Waals surface area contributed by atoms with Crippen molar-refractivity contribution < 1.29 is 0 Å². The van der Waals surface area contributed by atoms with Crippen molar-refractivity contribution in [3.8, 4) is 17.8 Å². The molecule has 0 saturated carbocycles. The van der Waals surface area contributed by atoms with Crippen LogP contribution in [0.25, 0.3) is 17.3 Å². The molecular weight excluding hydrogens is 389 g/mol. The molecule has 0 atom stereocenters. The number of nitriles is 2. The first-order valence-corrected chi connectivity index (χ1v) is 8.91. The van der Waals surface area contributed by atoms with E-state index < -0.39 is 0 Å². The van der Waals surface area contributed by atoms with Crippen LogP contribution in [0.1, 0.15) is 5.56 Å². The lowest BCUT2D eigenvalue weighted by molar-refractivity contribution is 0.988. The van der Waals surface area contributed by atoms with E-state index in [1.54, 1.807) is 48.5 Å². The lowest BCUT2D eigenvalue weighted by Crippen LogP contribution is -2.30. The van der Waals surface area contributed by atoms with E-state index in [2.05, 4.69) is 0 Å². The average molecular weight is 398 g/mol. The van der Waals surface area contributed by atoms with Crippen molar-refractivity contribution in [2.45, 2.75) is 0 Å². The Balaban J connectivity index is 2.42. The predicted octanol–water partition coefficient (Wildman–Crippen LogP) is 3.23. The van der Waals surface area contributed by atoms with E-state index >= 15 is 0 Å². The number of rotatable bonds is 2. The average Bonchev–Trinajstić information content (AvgIpc) is 2.97. The summed E-state index contributed by atoms with van der Waals surface area (Å²) in [6.45, 7) is 0. The molecule has 2 aromatic carbocycles. The van der Waals surface area contributed by atoms with Gasteiger partial charge in [0, 0.05) is 0 Å². The zero-order valence-electron chi connectivity index (χ0n) is 13.1. The van der Waals surface area contributed by atoms with Crippen LogP contribution in [-0.4, -0.2) is 4.57 Å². The minimum Gasteiger partial charge on any atom is -0.267 e. The van der Waals surface area contributed by atoms with Crippen molar-refractivity contribution >= 4 is 46.2 Å². The molecule has 1 heterocycles. The third kappa shape index (κ3) is 3.29. The SMILES string of the molecule is N#CC(C#N)=c1s/c(=C\c2cccc(Cl)c2Cl)c(=O)n1-c1ccccc1. The molecule has 0 N–H and O–H groups in total. The Morgan fingerprint density at radius 2 is 1.73 bits per heavy atom. The minimum absolute atomic E-state index is 0.132. The van der Waals surface area contributed by atoms with Gasteiger partial charge in [0.25, 0.3) is 5.56 Å². The number of nitrogens with zero attached hydrogens (tertiary/aromatic N) is 3. The molecule has 7 heteroatoms. The Kier molecular flexibility index (Phi) is 5.25. The summed E-state index contributed by atoms with van der Waals surface area (Å²) in [5, 5.41) is 19.2. The number of para-hydroxylation sites is 1. The van der Waals surface area contributed by atoms with Crippen LogP contribution in [0.4, 0.5) is 0 Å². The number of thiazole rings is 1. The molecule has 0 amide bonds. The van der Waals surface area contributed by atoms with Crippen molar-refractivity contribution in [2.75, 3.05) is 0 Å². The van der Waals surface area contributed by atoms with E-state index in [0.717, 1.165) is 11.3 Å². The zero-order chi connectivity index (χ0) is 18.7. The third-order valence-corrected chi connectivity index (χ3v) is 5.47. The van der Waals surface area contributed by atoms with Crippen LogP contribution in [-0.2, 0) is 0 Å². The second kappa shape index (κ2) is 7.59. The second-order valence-corrected chi connectivity index (χ2v) is 6.95. The van der Waals surface area contributed by atoms with E-state index in [1.165, 1.54) is 4.57 Å². The van der Waals surface area contributed by atoms with E-state index in [-0.39, 0.29) is 15.8 Å². The molecule has 0 aliphatic heterocycles. The minimum atomic E-state index is -0.338. The predicted molar refractivity (Wildman–Crippen MR) is 104 cm³/mol. The van der Waals surface area contributed by atoms with Crippen molar-refractivity contribution in [1.29, 1.82) is 10.5 Å². The maximum atomic E-state index is 13.0. The van der Waals surface area contributed by atoms with Crippen LogP contribution in [0.2, 0.25) is 10.0 Å². The lowest BCUT2D eigenvalue weighted by atomic mass is 10.2. The summed E-state index contributed by atoms with van der Waals surface area (Å²) in [6.07, 6.45) is 1.61. The molecule has 3 aromatic rings. The highest BCUT2D eigenvalue weighted by Gasteiger charge is 2.11. The van der Waals surface area contributed by atoms with Crippen LogP contribution in [0.5, 0.6) is 0 Å². The number of hydrogen-bond acceptors (Lipinski definition) is 4. The molecule has 0 radical (unpaired) electrons. The number of hydrogen-bond donors (Lipinski definition) is 0. The summed E-state index contributed by atoms with van der Waals surface area (Å²) in [6, 6.07) is 17.7. The first-order valence-electron chi connectivity index (χ1n) is 7.34. The van der Waals surface area contributed by atoms with Gasteiger partial charge in [-0.1, -0.05) is 53.5 Å². The fraction of sp³-hybridized carbons (Fsp3) is 0. The monoisotopic (exact) mass is 397 g/mol. The summed E-state index contributed by atoms with van der Waals surface area (Å²) in [7, 11) is 0. The molecule has 4 nitrogen and oxygen atoms in total. The van der Waals surface area contributed by atoms with Gasteiger partial charge in [-0.05, 0) is 29.8 Å². The standard InChI is InChI=1S/C19H9Cl2N3OS/c20-15-8-4-5-12(17(15)21)9-16-18(25)24(14-6-2-1-3-7-14)19(26-16)13(10-22)11-23/h1-9H/b16-9-. The van der Waals surface area contributed by atoms with Gasteiger partial charge in [0.1, 0.15) is 16.8 Å². The van der Waals surface area contributed by atoms with Gasteiger partial charge in [0.05, 0.1) is 20.3 Å². The van der Waals surface area contributed by atoms with Crippen molar-refractivity contribution in [3.63, 3.8) is 0 Å². The molecule has 0 aliphatic carbocycles. The van der Waals surface area contributed by atoms with Crippen LogP contribution < -0.4 is 14.8 Å². The smallest absolute Gasteiger partial charge is 0.267 e. The summed E-state index contributed by atoms with van der Waals surface area (Å²) in [5.41, 5.74) is 0.686. The molecule has 0 spiro atoms. The van der Waals surface area contributed by atoms with Crippen LogP contribution in [0, 0.1) is 22.7 Å². The highest BCUT2D eigenvalue weighted by Crippen LogP contribution is 2.25. The summed E-state index contributed by atoms with van der Waals surface area (Å²) in [4.78, 5) is 13.0. The highest BCUT2D eigenvalue weighted by molar-refractivity contribution is 7.07. The molecule has 1 aromatic heterocycles. The topological polar surface area (TPSA) is 69.6 Å². The van der Waals surface area contributed by atoms with Crippen LogP contribution in [0.3, 0.4) is 0 Å². The van der Waals surface area contributed by atoms with Crippen molar-refractivity contribution in [2.24, 2.45) is 0 Å². The first-order chi connectivity index (χ1) is 12.6. The van der Waals surface area contributed by atoms with Gasteiger partial charge in [-0.25, -0.2) is 0 Å². The maximum Gasteiger partial charge on any atom is 0.273 e. The molecular formula is C19H9Cl2N3OS. The molecule has 126 valence electrons. The van der Waals surface area contributed by atoms with Gasteiger partial charge in [-0.2, -0.15) is 10.5 Å². The quantitative estimate of drug-likeness (QED) is 0.666. The summed E-state index contributed by atoms with van der Waals surface area (Å²) in [5.74, 6) is 0. The number of halogens is 2. The second-order valence-electron chi connectivity index (χ2n) is 5.13. The van der Waals surface area contributed by atoms with Crippen LogP contribution >= 0.6 is 34.5 Å². The summed E-state index contributed by atoms with van der Waals surface area (Å²) < 4.78 is 1.98. The zero-order valence-corrected chi connectivity index (χ0v) is 15.4. The molecule has 0 bridgehead atoms. The number of benzene rings is 2. The Morgan fingerprint density at radius 3 is 2.38 bits per heavy atom. The van der Waals surface area contributed by atoms with E-state index in [9.17, 15) is 15.3 Å². The molecule has 0 aliphatic rings. The first kappa shape index (κ1) is 18.0. The van der Waals surface area contributed by atoms with E-state index in [0.29, 0.717) is 25.8 Å². The Labute approximate surface area is 162 Å². The molecule has 0 fully saturated rings. The van der Waals surface area contributed by atoms with Gasteiger partial charge >= 0.3 is 0 Å². The van der Waals surface area contributed by atoms with E-state index in [1.807, 2.05) is 18.2 Å². The number of aromatic nitrogens is 1. The fourth-order valence-electron chi connectivity index (χ4n) is 2.36. The molecule has 0 unspecified atom stereocenters. The van der Waals surface area contributed by atoms with Crippen molar-refractivity contribution in [1.82, 2.24) is 4.57 Å². The van der Waals surface area contributed by atoms with Gasteiger partial charge in [-0.3, -0.25) is 9.36 Å². The van der Waals surface area contributed by atoms with E-state index in [4.69, 9.17) is 23.2 Å². The highest BCUT2D eigenvalue weighted by atomic mass is 35.5.